The van der Waals surface area contributed by atoms with E-state index in [1.54, 1.807) is 12.3 Å². The van der Waals surface area contributed by atoms with Crippen molar-refractivity contribution in [3.05, 3.63) is 52.7 Å². The average molecular weight is 353 g/mol. The number of furan rings is 1. The maximum absolute atomic E-state index is 13.5. The van der Waals surface area contributed by atoms with Crippen LogP contribution in [0, 0.1) is 17.1 Å². The fourth-order valence-corrected chi connectivity index (χ4v) is 2.33. The summed E-state index contributed by atoms with van der Waals surface area (Å²) in [5.74, 6) is -0.434. The Hall–Kier alpha value is -2.07. The van der Waals surface area contributed by atoms with Gasteiger partial charge in [-0.1, -0.05) is 11.6 Å². The van der Waals surface area contributed by atoms with Crippen LogP contribution in [0.1, 0.15) is 30.1 Å². The molecule has 0 unspecified atom stereocenters. The third-order valence-electron chi connectivity index (χ3n) is 3.42. The van der Waals surface area contributed by atoms with Crippen molar-refractivity contribution in [3.8, 4) is 11.8 Å². The molecule has 0 spiro atoms. The van der Waals surface area contributed by atoms with E-state index in [0.717, 1.165) is 11.6 Å². The molecule has 0 aliphatic rings. The molecule has 1 aromatic carbocycles. The van der Waals surface area contributed by atoms with Gasteiger partial charge >= 0.3 is 0 Å². The first-order chi connectivity index (χ1) is 11.7. The van der Waals surface area contributed by atoms with Crippen LogP contribution in [0.3, 0.4) is 0 Å². The zero-order valence-corrected chi connectivity index (χ0v) is 13.7. The van der Waals surface area contributed by atoms with Crippen molar-refractivity contribution in [3.63, 3.8) is 0 Å². The van der Waals surface area contributed by atoms with E-state index in [0.29, 0.717) is 25.9 Å². The normalized spacial score (nSPS) is 11.9. The number of aliphatic hydroxyl groups is 1. The number of nitriles is 1. The lowest BCUT2D eigenvalue weighted by Gasteiger charge is -2.19. The summed E-state index contributed by atoms with van der Waals surface area (Å²) in [4.78, 5) is 0. The number of nitrogens with zero attached hydrogens (tertiary/aromatic N) is 1. The molecule has 2 rings (SSSR count). The molecule has 0 radical (unpaired) electrons. The van der Waals surface area contributed by atoms with E-state index in [-0.39, 0.29) is 29.0 Å². The van der Waals surface area contributed by atoms with E-state index in [1.807, 2.05) is 6.07 Å². The number of rotatable bonds is 9. The number of hydrogen-bond acceptors (Lipinski definition) is 5. The Kier molecular flexibility index (Phi) is 7.07. The van der Waals surface area contributed by atoms with Gasteiger partial charge in [0.1, 0.15) is 23.7 Å². The van der Waals surface area contributed by atoms with Crippen LogP contribution in [0.25, 0.3) is 0 Å². The van der Waals surface area contributed by atoms with Crippen molar-refractivity contribution in [2.75, 3.05) is 19.7 Å². The number of nitrogens with one attached hydrogen (secondary N) is 1. The quantitative estimate of drug-likeness (QED) is 0.676. The predicted octanol–water partition coefficient (Wildman–Crippen LogP) is 3.43. The fraction of sp³-hybridized carbons (Fsp3) is 0.353. The number of benzene rings is 1. The standard InChI is InChI=1S/C17H18ClFN2O3/c18-14-9-17(13(10-20)8-15(14)19)24-16(12-3-7-23-11-12)2-5-21-4-1-6-22/h3,7-9,11,16,21-22H,1-2,4-6H2/t16-/m1/s1. The average Bonchev–Trinajstić information content (AvgIpc) is 3.11. The van der Waals surface area contributed by atoms with Crippen molar-refractivity contribution in [1.29, 1.82) is 5.26 Å². The highest BCUT2D eigenvalue weighted by Crippen LogP contribution is 2.31. The summed E-state index contributed by atoms with van der Waals surface area (Å²) in [6.45, 7) is 1.47. The molecule has 7 heteroatoms. The van der Waals surface area contributed by atoms with E-state index >= 15 is 0 Å². The van der Waals surface area contributed by atoms with E-state index in [1.165, 1.54) is 12.3 Å². The first kappa shape index (κ1) is 18.3. The van der Waals surface area contributed by atoms with Crippen LogP contribution in [0.15, 0.2) is 35.1 Å². The van der Waals surface area contributed by atoms with Gasteiger partial charge in [-0.15, -0.1) is 0 Å². The first-order valence-corrected chi connectivity index (χ1v) is 7.93. The monoisotopic (exact) mass is 352 g/mol. The van der Waals surface area contributed by atoms with Crippen LogP contribution >= 0.6 is 11.6 Å². The van der Waals surface area contributed by atoms with Gasteiger partial charge in [0.15, 0.2) is 0 Å². The largest absolute Gasteiger partial charge is 0.484 e. The van der Waals surface area contributed by atoms with Crippen molar-refractivity contribution in [2.24, 2.45) is 0 Å². The van der Waals surface area contributed by atoms with Crippen LogP contribution in [0.2, 0.25) is 5.02 Å². The van der Waals surface area contributed by atoms with E-state index < -0.39 is 5.82 Å². The number of aliphatic hydroxyl groups excluding tert-OH is 1. The minimum Gasteiger partial charge on any atom is -0.484 e. The molecule has 5 nitrogen and oxygen atoms in total. The summed E-state index contributed by atoms with van der Waals surface area (Å²) in [7, 11) is 0. The minimum atomic E-state index is -0.661. The lowest BCUT2D eigenvalue weighted by molar-refractivity contribution is 0.191. The summed E-state index contributed by atoms with van der Waals surface area (Å²) in [6, 6.07) is 6.05. The molecule has 2 N–H and O–H groups in total. The maximum atomic E-state index is 13.5. The molecular weight excluding hydrogens is 335 g/mol. The Morgan fingerprint density at radius 2 is 2.25 bits per heavy atom. The molecule has 0 aliphatic heterocycles. The van der Waals surface area contributed by atoms with Gasteiger partial charge in [0.25, 0.3) is 0 Å². The molecule has 0 saturated heterocycles. The second-order valence-electron chi connectivity index (χ2n) is 5.15. The first-order valence-electron chi connectivity index (χ1n) is 7.55. The Morgan fingerprint density at radius 3 is 2.92 bits per heavy atom. The van der Waals surface area contributed by atoms with Gasteiger partial charge < -0.3 is 19.6 Å². The van der Waals surface area contributed by atoms with Gasteiger partial charge in [0.05, 0.1) is 23.1 Å². The van der Waals surface area contributed by atoms with Crippen molar-refractivity contribution in [1.82, 2.24) is 5.32 Å². The van der Waals surface area contributed by atoms with Crippen molar-refractivity contribution in [2.45, 2.75) is 18.9 Å². The molecular formula is C17H18ClFN2O3. The molecule has 0 bridgehead atoms. The Bertz CT molecular complexity index is 686. The molecule has 0 aliphatic carbocycles. The van der Waals surface area contributed by atoms with Crippen LogP contribution in [0.5, 0.6) is 5.75 Å². The summed E-state index contributed by atoms with van der Waals surface area (Å²) < 4.78 is 24.5. The van der Waals surface area contributed by atoms with Crippen LogP contribution in [-0.2, 0) is 0 Å². The maximum Gasteiger partial charge on any atom is 0.143 e. The van der Waals surface area contributed by atoms with Crippen molar-refractivity contribution < 1.29 is 18.7 Å². The van der Waals surface area contributed by atoms with Crippen LogP contribution < -0.4 is 10.1 Å². The smallest absolute Gasteiger partial charge is 0.143 e. The van der Waals surface area contributed by atoms with Gasteiger partial charge in [-0.3, -0.25) is 0 Å². The lowest BCUT2D eigenvalue weighted by atomic mass is 10.1. The lowest BCUT2D eigenvalue weighted by Crippen LogP contribution is -2.21. The minimum absolute atomic E-state index is 0.0821. The number of ether oxygens (including phenoxy) is 1. The SMILES string of the molecule is N#Cc1cc(F)c(Cl)cc1O[C@H](CCNCCCO)c1ccoc1. The molecule has 24 heavy (non-hydrogen) atoms. The van der Waals surface area contributed by atoms with Gasteiger partial charge in [-0.25, -0.2) is 4.39 Å². The summed E-state index contributed by atoms with van der Waals surface area (Å²) in [6.07, 6.45) is 4.00. The van der Waals surface area contributed by atoms with Gasteiger partial charge in [0, 0.05) is 24.7 Å². The molecule has 1 heterocycles. The van der Waals surface area contributed by atoms with Gasteiger partial charge in [0.2, 0.25) is 0 Å². The second kappa shape index (κ2) is 9.28. The predicted molar refractivity (Wildman–Crippen MR) is 87.4 cm³/mol. The molecule has 1 atom stereocenters. The highest BCUT2D eigenvalue weighted by molar-refractivity contribution is 6.30. The van der Waals surface area contributed by atoms with Gasteiger partial charge in [-0.05, 0) is 31.6 Å². The Balaban J connectivity index is 2.11. The topological polar surface area (TPSA) is 78.4 Å². The van der Waals surface area contributed by atoms with E-state index in [2.05, 4.69) is 5.32 Å². The Labute approximate surface area is 144 Å². The zero-order valence-electron chi connectivity index (χ0n) is 13.0. The zero-order chi connectivity index (χ0) is 17.4. The number of halogens is 2. The van der Waals surface area contributed by atoms with Crippen molar-refractivity contribution >= 4 is 11.6 Å². The molecule has 1 aromatic heterocycles. The molecule has 0 saturated carbocycles. The third-order valence-corrected chi connectivity index (χ3v) is 3.71. The molecule has 0 amide bonds. The molecule has 2 aromatic rings. The summed E-state index contributed by atoms with van der Waals surface area (Å²) in [5, 5.41) is 21.0. The Morgan fingerprint density at radius 1 is 1.42 bits per heavy atom. The van der Waals surface area contributed by atoms with Crippen LogP contribution in [0.4, 0.5) is 4.39 Å². The fourth-order valence-electron chi connectivity index (χ4n) is 2.18. The summed E-state index contributed by atoms with van der Waals surface area (Å²) in [5.41, 5.74) is 0.891. The second-order valence-corrected chi connectivity index (χ2v) is 5.56. The molecule has 128 valence electrons. The molecule has 0 fully saturated rings. The highest BCUT2D eigenvalue weighted by atomic mass is 35.5. The van der Waals surface area contributed by atoms with E-state index in [9.17, 15) is 4.39 Å². The van der Waals surface area contributed by atoms with Crippen LogP contribution in [-0.4, -0.2) is 24.8 Å². The van der Waals surface area contributed by atoms with Gasteiger partial charge in [-0.2, -0.15) is 5.26 Å². The summed E-state index contributed by atoms with van der Waals surface area (Å²) >= 11 is 5.79. The third kappa shape index (κ3) is 4.96. The highest BCUT2D eigenvalue weighted by Gasteiger charge is 2.18. The number of hydrogen-bond donors (Lipinski definition) is 2. The van der Waals surface area contributed by atoms with E-state index in [4.69, 9.17) is 31.1 Å².